The maximum atomic E-state index is 13.0. The Balaban J connectivity index is 2.39. The Morgan fingerprint density at radius 3 is 2.72 bits per heavy atom. The first-order chi connectivity index (χ1) is 8.61. The van der Waals surface area contributed by atoms with Crippen LogP contribution in [0.5, 0.6) is 11.5 Å². The fraction of sp³-hybridized carbons (Fsp3) is 0.0769. The lowest BCUT2D eigenvalue weighted by atomic mass is 10.2. The van der Waals surface area contributed by atoms with Crippen LogP contribution in [0.2, 0.25) is 5.02 Å². The summed E-state index contributed by atoms with van der Waals surface area (Å²) in [5.41, 5.74) is 0.568. The molecule has 0 heterocycles. The van der Waals surface area contributed by atoms with Crippen molar-refractivity contribution in [1.29, 1.82) is 0 Å². The summed E-state index contributed by atoms with van der Waals surface area (Å²) >= 11 is 9.22. The van der Waals surface area contributed by atoms with Crippen molar-refractivity contribution in [3.63, 3.8) is 0 Å². The van der Waals surface area contributed by atoms with Gasteiger partial charge in [-0.2, -0.15) is 0 Å². The molecule has 0 unspecified atom stereocenters. The Labute approximate surface area is 117 Å². The van der Waals surface area contributed by atoms with Gasteiger partial charge in [0.05, 0.1) is 16.1 Å². The Morgan fingerprint density at radius 1 is 1.28 bits per heavy atom. The summed E-state index contributed by atoms with van der Waals surface area (Å²) in [4.78, 5) is 0. The van der Waals surface area contributed by atoms with Gasteiger partial charge in [0.25, 0.3) is 0 Å². The molecule has 0 aliphatic rings. The summed E-state index contributed by atoms with van der Waals surface area (Å²) in [6, 6.07) is 9.16. The summed E-state index contributed by atoms with van der Waals surface area (Å²) in [6.45, 7) is -0.186. The quantitative estimate of drug-likeness (QED) is 0.895. The lowest BCUT2D eigenvalue weighted by Crippen LogP contribution is -1.93. The van der Waals surface area contributed by atoms with Gasteiger partial charge in [0.15, 0.2) is 5.75 Å². The monoisotopic (exact) mass is 330 g/mol. The highest BCUT2D eigenvalue weighted by Gasteiger charge is 2.11. The van der Waals surface area contributed by atoms with Crippen molar-refractivity contribution in [2.24, 2.45) is 0 Å². The van der Waals surface area contributed by atoms with E-state index in [-0.39, 0.29) is 12.4 Å². The van der Waals surface area contributed by atoms with Crippen molar-refractivity contribution in [2.45, 2.75) is 6.61 Å². The molecule has 0 amide bonds. The fourth-order valence-electron chi connectivity index (χ4n) is 1.46. The van der Waals surface area contributed by atoms with Gasteiger partial charge in [0, 0.05) is 5.56 Å². The van der Waals surface area contributed by atoms with Gasteiger partial charge in [0.1, 0.15) is 11.6 Å². The van der Waals surface area contributed by atoms with E-state index in [0.717, 1.165) is 0 Å². The number of hydrogen-bond acceptors (Lipinski definition) is 2. The minimum absolute atomic E-state index is 0.186. The molecule has 1 N–H and O–H groups in total. The molecular weight excluding hydrogens is 322 g/mol. The van der Waals surface area contributed by atoms with Gasteiger partial charge in [-0.25, -0.2) is 4.39 Å². The lowest BCUT2D eigenvalue weighted by Gasteiger charge is -2.12. The zero-order valence-corrected chi connectivity index (χ0v) is 11.5. The molecule has 2 nitrogen and oxygen atoms in total. The van der Waals surface area contributed by atoms with E-state index in [1.807, 2.05) is 0 Å². The van der Waals surface area contributed by atoms with Crippen LogP contribution < -0.4 is 4.74 Å². The highest BCUT2D eigenvalue weighted by atomic mass is 79.9. The van der Waals surface area contributed by atoms with Crippen molar-refractivity contribution in [3.8, 4) is 11.5 Å². The normalized spacial score (nSPS) is 10.4. The van der Waals surface area contributed by atoms with Crippen LogP contribution in [0.1, 0.15) is 5.56 Å². The first kappa shape index (κ1) is 13.3. The van der Waals surface area contributed by atoms with Crippen molar-refractivity contribution >= 4 is 27.5 Å². The number of para-hydroxylation sites is 1. The molecule has 0 saturated carbocycles. The van der Waals surface area contributed by atoms with Gasteiger partial charge in [-0.15, -0.1) is 0 Å². The predicted octanol–water partition coefficient (Wildman–Crippen LogP) is 4.53. The van der Waals surface area contributed by atoms with Crippen LogP contribution in [0.4, 0.5) is 4.39 Å². The van der Waals surface area contributed by atoms with Crippen LogP contribution in [0, 0.1) is 5.82 Å². The summed E-state index contributed by atoms with van der Waals surface area (Å²) in [5, 5.41) is 9.61. The fourth-order valence-corrected chi connectivity index (χ4v) is 2.12. The molecule has 0 fully saturated rings. The van der Waals surface area contributed by atoms with Crippen LogP contribution in [0.3, 0.4) is 0 Å². The molecule has 0 atom stereocenters. The Hall–Kier alpha value is -1.10. The average Bonchev–Trinajstić information content (AvgIpc) is 2.34. The van der Waals surface area contributed by atoms with E-state index in [1.165, 1.54) is 18.2 Å². The second kappa shape index (κ2) is 5.69. The zero-order valence-electron chi connectivity index (χ0n) is 9.16. The van der Waals surface area contributed by atoms with Gasteiger partial charge in [-0.1, -0.05) is 23.7 Å². The molecule has 2 aromatic carbocycles. The SMILES string of the molecule is OCc1cccc(Cl)c1Oc1ccc(F)cc1Br. The zero-order chi connectivity index (χ0) is 13.1. The van der Waals surface area contributed by atoms with E-state index in [0.29, 0.717) is 26.6 Å². The van der Waals surface area contributed by atoms with Crippen LogP contribution in [-0.2, 0) is 6.61 Å². The third-order valence-corrected chi connectivity index (χ3v) is 3.24. The van der Waals surface area contributed by atoms with E-state index in [1.54, 1.807) is 18.2 Å². The summed E-state index contributed by atoms with van der Waals surface area (Å²) in [5.74, 6) is 0.434. The molecule has 5 heteroatoms. The third-order valence-electron chi connectivity index (χ3n) is 2.32. The molecule has 2 rings (SSSR count). The number of ether oxygens (including phenoxy) is 1. The van der Waals surface area contributed by atoms with Gasteiger partial charge >= 0.3 is 0 Å². The second-order valence-electron chi connectivity index (χ2n) is 3.56. The van der Waals surface area contributed by atoms with Crippen LogP contribution >= 0.6 is 27.5 Å². The summed E-state index contributed by atoms with van der Waals surface area (Å²) in [7, 11) is 0. The largest absolute Gasteiger partial charge is 0.454 e. The summed E-state index contributed by atoms with van der Waals surface area (Å²) < 4.78 is 19.0. The van der Waals surface area contributed by atoms with Crippen LogP contribution in [-0.4, -0.2) is 5.11 Å². The van der Waals surface area contributed by atoms with Gasteiger partial charge in [-0.3, -0.25) is 0 Å². The molecule has 0 aliphatic carbocycles. The Bertz CT molecular complexity index is 575. The maximum Gasteiger partial charge on any atom is 0.151 e. The highest BCUT2D eigenvalue weighted by Crippen LogP contribution is 2.36. The highest BCUT2D eigenvalue weighted by molar-refractivity contribution is 9.10. The number of halogens is 3. The van der Waals surface area contributed by atoms with Crippen LogP contribution in [0.15, 0.2) is 40.9 Å². The smallest absolute Gasteiger partial charge is 0.151 e. The molecule has 0 aliphatic heterocycles. The first-order valence-corrected chi connectivity index (χ1v) is 6.30. The second-order valence-corrected chi connectivity index (χ2v) is 4.82. The van der Waals surface area contributed by atoms with Gasteiger partial charge in [-0.05, 0) is 40.2 Å². The number of benzene rings is 2. The van der Waals surface area contributed by atoms with E-state index < -0.39 is 0 Å². The maximum absolute atomic E-state index is 13.0. The van der Waals surface area contributed by atoms with Gasteiger partial charge in [0.2, 0.25) is 0 Å². The minimum Gasteiger partial charge on any atom is -0.454 e. The molecule has 0 saturated heterocycles. The first-order valence-electron chi connectivity index (χ1n) is 5.13. The third kappa shape index (κ3) is 2.83. The average molecular weight is 332 g/mol. The lowest BCUT2D eigenvalue weighted by molar-refractivity contribution is 0.276. The van der Waals surface area contributed by atoms with Crippen molar-refractivity contribution < 1.29 is 14.2 Å². The predicted molar refractivity (Wildman–Crippen MR) is 71.5 cm³/mol. The molecule has 94 valence electrons. The topological polar surface area (TPSA) is 29.5 Å². The Morgan fingerprint density at radius 2 is 2.06 bits per heavy atom. The molecule has 0 aromatic heterocycles. The molecule has 0 radical (unpaired) electrons. The molecular formula is C13H9BrClFO2. The van der Waals surface area contributed by atoms with Crippen LogP contribution in [0.25, 0.3) is 0 Å². The minimum atomic E-state index is -0.365. The number of hydrogen-bond donors (Lipinski definition) is 1. The number of aliphatic hydroxyl groups is 1. The standard InChI is InChI=1S/C13H9BrClFO2/c14-10-6-9(16)4-5-12(10)18-13-8(7-17)2-1-3-11(13)15/h1-6,17H,7H2. The molecule has 0 spiro atoms. The van der Waals surface area contributed by atoms with Crippen molar-refractivity contribution in [2.75, 3.05) is 0 Å². The molecule has 2 aromatic rings. The summed E-state index contributed by atoms with van der Waals surface area (Å²) in [6.07, 6.45) is 0. The van der Waals surface area contributed by atoms with E-state index in [2.05, 4.69) is 15.9 Å². The number of aliphatic hydroxyl groups excluding tert-OH is 1. The number of rotatable bonds is 3. The van der Waals surface area contributed by atoms with E-state index in [9.17, 15) is 9.50 Å². The van der Waals surface area contributed by atoms with Crippen molar-refractivity contribution in [1.82, 2.24) is 0 Å². The van der Waals surface area contributed by atoms with Crippen molar-refractivity contribution in [3.05, 3.63) is 57.3 Å². The van der Waals surface area contributed by atoms with E-state index >= 15 is 0 Å². The van der Waals surface area contributed by atoms with E-state index in [4.69, 9.17) is 16.3 Å². The van der Waals surface area contributed by atoms with Gasteiger partial charge < -0.3 is 9.84 Å². The molecule has 18 heavy (non-hydrogen) atoms. The molecule has 0 bridgehead atoms. The Kier molecular flexibility index (Phi) is 4.22.